The van der Waals surface area contributed by atoms with Crippen LogP contribution in [0.1, 0.15) is 65.8 Å². The topological polar surface area (TPSA) is 147 Å². The zero-order valence-corrected chi connectivity index (χ0v) is 34.6. The molecular formula is C46H50N10O5. The van der Waals surface area contributed by atoms with Gasteiger partial charge in [-0.25, -0.2) is 9.83 Å². The predicted molar refractivity (Wildman–Crippen MR) is 231 cm³/mol. The third-order valence-corrected chi connectivity index (χ3v) is 13.2. The molecule has 5 aliphatic heterocycles. The molecule has 0 spiro atoms. The Morgan fingerprint density at radius 2 is 1.62 bits per heavy atom. The maximum Gasteiger partial charge on any atom is 0.262 e. The Morgan fingerprint density at radius 1 is 0.836 bits per heavy atom. The number of amides is 5. The van der Waals surface area contributed by atoms with Crippen molar-refractivity contribution in [2.45, 2.75) is 64.1 Å². The summed E-state index contributed by atoms with van der Waals surface area (Å²) in [5.74, 6) is -0.341. The smallest absolute Gasteiger partial charge is 0.262 e. The lowest BCUT2D eigenvalue weighted by molar-refractivity contribution is -0.136. The van der Waals surface area contributed by atoms with Crippen molar-refractivity contribution >= 4 is 63.3 Å². The molecule has 0 radical (unpaired) electrons. The van der Waals surface area contributed by atoms with Gasteiger partial charge in [0.05, 0.1) is 29.6 Å². The molecule has 3 atom stereocenters. The SMILES string of the molecule is [C-]#[N+]c1ccc(N2C[C@@H](C)N(C(=O)Cc3ccc(N4CCC(CN5CCN(c6ccc7c(c6)C(=O)N(C6CCC(=O)NC6=O)C7=O)CC5)CC4)nc3)C[C@@H]2C)c2cccnc12. The Balaban J connectivity index is 0.728. The molecule has 1 unspecified atom stereocenters. The third kappa shape index (κ3) is 7.76. The highest BCUT2D eigenvalue weighted by Crippen LogP contribution is 2.36. The summed E-state index contributed by atoms with van der Waals surface area (Å²) in [6.07, 6.45) is 6.26. The third-order valence-electron chi connectivity index (χ3n) is 13.2. The van der Waals surface area contributed by atoms with E-state index in [0.717, 1.165) is 91.7 Å². The minimum absolute atomic E-state index is 0.0136. The van der Waals surface area contributed by atoms with Gasteiger partial charge in [-0.3, -0.25) is 44.1 Å². The maximum absolute atomic E-state index is 13.7. The summed E-state index contributed by atoms with van der Waals surface area (Å²) < 4.78 is 0. The van der Waals surface area contributed by atoms with Gasteiger partial charge in [-0.15, -0.1) is 0 Å². The Hall–Kier alpha value is -6.40. The molecule has 2 aromatic heterocycles. The highest BCUT2D eigenvalue weighted by atomic mass is 16.2. The number of aromatic nitrogens is 2. The van der Waals surface area contributed by atoms with Crippen LogP contribution in [0.25, 0.3) is 15.7 Å². The van der Waals surface area contributed by atoms with Crippen LogP contribution in [0, 0.1) is 12.5 Å². The summed E-state index contributed by atoms with van der Waals surface area (Å²) in [6, 6.07) is 16.3. The molecule has 2 aromatic carbocycles. The quantitative estimate of drug-likeness (QED) is 0.201. The van der Waals surface area contributed by atoms with Gasteiger partial charge in [0.15, 0.2) is 0 Å². The molecule has 314 valence electrons. The van der Waals surface area contributed by atoms with Crippen LogP contribution in [-0.2, 0) is 20.8 Å². The normalized spacial score (nSPS) is 22.8. The van der Waals surface area contributed by atoms with Gasteiger partial charge in [-0.05, 0) is 81.0 Å². The molecule has 1 N–H and O–H groups in total. The van der Waals surface area contributed by atoms with Gasteiger partial charge >= 0.3 is 0 Å². The number of benzene rings is 2. The molecule has 7 heterocycles. The van der Waals surface area contributed by atoms with Gasteiger partial charge in [0, 0.05) is 107 Å². The molecule has 0 aliphatic carbocycles. The minimum Gasteiger partial charge on any atom is -0.369 e. The van der Waals surface area contributed by atoms with Gasteiger partial charge in [-0.1, -0.05) is 18.2 Å². The van der Waals surface area contributed by atoms with Crippen molar-refractivity contribution in [3.63, 3.8) is 0 Å². The zero-order chi connectivity index (χ0) is 42.4. The van der Waals surface area contributed by atoms with Crippen LogP contribution in [0.4, 0.5) is 22.9 Å². The molecule has 5 aliphatic rings. The summed E-state index contributed by atoms with van der Waals surface area (Å²) >= 11 is 0. The van der Waals surface area contributed by atoms with Gasteiger partial charge in [0.25, 0.3) is 11.8 Å². The molecule has 4 saturated heterocycles. The first-order chi connectivity index (χ1) is 29.6. The molecule has 4 aromatic rings. The van der Waals surface area contributed by atoms with Crippen molar-refractivity contribution in [3.05, 3.63) is 95.1 Å². The van der Waals surface area contributed by atoms with E-state index >= 15 is 0 Å². The van der Waals surface area contributed by atoms with Crippen molar-refractivity contribution in [1.82, 2.24) is 30.0 Å². The van der Waals surface area contributed by atoms with Crippen LogP contribution in [0.2, 0.25) is 0 Å². The average molecular weight is 823 g/mol. The molecule has 61 heavy (non-hydrogen) atoms. The molecule has 15 nitrogen and oxygen atoms in total. The minimum atomic E-state index is -0.973. The predicted octanol–water partition coefficient (Wildman–Crippen LogP) is 4.29. The summed E-state index contributed by atoms with van der Waals surface area (Å²) in [5, 5.41) is 3.21. The summed E-state index contributed by atoms with van der Waals surface area (Å²) in [4.78, 5) is 89.6. The van der Waals surface area contributed by atoms with Gasteiger partial charge in [-0.2, -0.15) is 0 Å². The molecule has 9 rings (SSSR count). The average Bonchev–Trinajstić information content (AvgIpc) is 3.52. The first kappa shape index (κ1) is 40.0. The second kappa shape index (κ2) is 16.6. The monoisotopic (exact) mass is 822 g/mol. The van der Waals surface area contributed by atoms with E-state index in [0.29, 0.717) is 47.8 Å². The number of piperazine rings is 2. The van der Waals surface area contributed by atoms with Crippen LogP contribution in [0.15, 0.2) is 67.0 Å². The largest absolute Gasteiger partial charge is 0.369 e. The number of carbonyl (C=O) groups is 5. The number of nitrogens with zero attached hydrogens (tertiary/aromatic N) is 9. The highest BCUT2D eigenvalue weighted by molar-refractivity contribution is 6.23. The van der Waals surface area contributed by atoms with Crippen molar-refractivity contribution in [3.8, 4) is 0 Å². The summed E-state index contributed by atoms with van der Waals surface area (Å²) in [5.41, 5.74) is 4.69. The van der Waals surface area contributed by atoms with Crippen LogP contribution < -0.4 is 20.0 Å². The van der Waals surface area contributed by atoms with E-state index in [1.165, 1.54) is 0 Å². The van der Waals surface area contributed by atoms with E-state index in [-0.39, 0.29) is 30.8 Å². The first-order valence-corrected chi connectivity index (χ1v) is 21.4. The van der Waals surface area contributed by atoms with Crippen molar-refractivity contribution in [2.75, 3.05) is 73.6 Å². The Kier molecular flexibility index (Phi) is 10.9. The standard InChI is InChI=1S/C46H50N10O5/c1-29-27-55(30(2)26-54(29)38-10-9-37(47-3)43-35(38)5-4-16-48-43)42(58)23-32-6-12-40(49-25-32)53-17-14-31(15-18-53)28-51-19-21-52(22-20-51)33-7-8-34-36(24-33)46(61)56(45(34)60)39-11-13-41(57)50-44(39)59/h4-10,12,16,24-25,29-31,39H,11,13-15,17-23,26-28H2,1-2H3,(H,50,57,59)/t29-,30+,39?/m0/s1. The first-order valence-electron chi connectivity index (χ1n) is 21.4. The Labute approximate surface area is 355 Å². The van der Waals surface area contributed by atoms with E-state index in [4.69, 9.17) is 11.6 Å². The fourth-order valence-electron chi connectivity index (χ4n) is 9.83. The second-order valence-electron chi connectivity index (χ2n) is 17.1. The van der Waals surface area contributed by atoms with Gasteiger partial charge < -0.3 is 19.6 Å². The number of anilines is 3. The number of fused-ring (bicyclic) bond motifs is 2. The van der Waals surface area contributed by atoms with Crippen LogP contribution in [0.5, 0.6) is 0 Å². The maximum atomic E-state index is 13.7. The van der Waals surface area contributed by atoms with Gasteiger partial charge in [0.2, 0.25) is 23.4 Å². The fourth-order valence-corrected chi connectivity index (χ4v) is 9.83. The molecule has 0 saturated carbocycles. The summed E-state index contributed by atoms with van der Waals surface area (Å²) in [7, 11) is 0. The zero-order valence-electron chi connectivity index (χ0n) is 34.6. The number of piperidine rings is 2. The van der Waals surface area contributed by atoms with Crippen LogP contribution in [0.3, 0.4) is 0 Å². The number of hydrogen-bond acceptors (Lipinski definition) is 11. The van der Waals surface area contributed by atoms with E-state index in [1.807, 2.05) is 53.6 Å². The van der Waals surface area contributed by atoms with E-state index < -0.39 is 29.7 Å². The Bertz CT molecular complexity index is 2440. The van der Waals surface area contributed by atoms with E-state index in [1.54, 1.807) is 18.3 Å². The molecule has 0 bridgehead atoms. The number of carbonyl (C=O) groups excluding carboxylic acids is 5. The molecule has 5 amide bonds. The van der Waals surface area contributed by atoms with E-state index in [2.05, 4.69) is 48.6 Å². The Morgan fingerprint density at radius 3 is 2.36 bits per heavy atom. The fraction of sp³-hybridized carbons (Fsp3) is 0.435. The van der Waals surface area contributed by atoms with Crippen molar-refractivity contribution in [1.29, 1.82) is 0 Å². The van der Waals surface area contributed by atoms with Gasteiger partial charge in [0.1, 0.15) is 11.9 Å². The van der Waals surface area contributed by atoms with E-state index in [9.17, 15) is 24.0 Å². The molecule has 15 heteroatoms. The lowest BCUT2D eigenvalue weighted by Gasteiger charge is -2.45. The van der Waals surface area contributed by atoms with Crippen molar-refractivity contribution < 1.29 is 24.0 Å². The number of imide groups is 2. The number of nitrogens with one attached hydrogen (secondary N) is 1. The van der Waals surface area contributed by atoms with Crippen LogP contribution >= 0.6 is 0 Å². The second-order valence-corrected chi connectivity index (χ2v) is 17.1. The highest BCUT2D eigenvalue weighted by Gasteiger charge is 2.45. The number of hydrogen-bond donors (Lipinski definition) is 1. The number of rotatable bonds is 8. The lowest BCUT2D eigenvalue weighted by Crippen LogP contribution is -2.58. The van der Waals surface area contributed by atoms with Crippen LogP contribution in [-0.4, -0.2) is 131 Å². The van der Waals surface area contributed by atoms with Crippen molar-refractivity contribution in [2.24, 2.45) is 5.92 Å². The number of pyridine rings is 2. The molecular weight excluding hydrogens is 773 g/mol. The molecule has 4 fully saturated rings. The summed E-state index contributed by atoms with van der Waals surface area (Å²) in [6.45, 7) is 19.4. The lowest BCUT2D eigenvalue weighted by atomic mass is 9.95.